The smallest absolute Gasteiger partial charge is 0.251 e. The summed E-state index contributed by atoms with van der Waals surface area (Å²) in [5.41, 5.74) is 3.14. The molecule has 6 heteroatoms. The van der Waals surface area contributed by atoms with E-state index in [1.807, 2.05) is 78.2 Å². The molecule has 31 heavy (non-hydrogen) atoms. The van der Waals surface area contributed by atoms with Crippen molar-refractivity contribution in [3.05, 3.63) is 108 Å². The van der Waals surface area contributed by atoms with Crippen LogP contribution in [0.15, 0.2) is 96.5 Å². The maximum atomic E-state index is 12.8. The first-order valence-electron chi connectivity index (χ1n) is 9.90. The molecule has 4 rings (SSSR count). The molecule has 4 aromatic rings. The molecule has 0 aliphatic carbocycles. The Morgan fingerprint density at radius 1 is 0.871 bits per heavy atom. The minimum absolute atomic E-state index is 0.122. The summed E-state index contributed by atoms with van der Waals surface area (Å²) >= 11 is 1.57. The topological polar surface area (TPSA) is 71.1 Å². The molecule has 0 spiro atoms. The molecule has 0 bridgehead atoms. The van der Waals surface area contributed by atoms with Crippen LogP contribution in [-0.4, -0.2) is 16.8 Å². The van der Waals surface area contributed by atoms with Gasteiger partial charge in [-0.2, -0.15) is 0 Å². The lowest BCUT2D eigenvalue weighted by molar-refractivity contribution is -0.116. The van der Waals surface area contributed by atoms with Crippen molar-refractivity contribution >= 4 is 28.8 Å². The van der Waals surface area contributed by atoms with Gasteiger partial charge in [0.1, 0.15) is 5.01 Å². The van der Waals surface area contributed by atoms with Gasteiger partial charge in [-0.15, -0.1) is 11.3 Å². The molecule has 0 fully saturated rings. The highest BCUT2D eigenvalue weighted by Crippen LogP contribution is 2.24. The first-order valence-corrected chi connectivity index (χ1v) is 10.8. The molecule has 2 N–H and O–H groups in total. The van der Waals surface area contributed by atoms with Crippen molar-refractivity contribution < 1.29 is 9.59 Å². The minimum atomic E-state index is -0.441. The third-order valence-electron chi connectivity index (χ3n) is 4.78. The first kappa shape index (κ1) is 20.5. The highest BCUT2D eigenvalue weighted by molar-refractivity contribution is 7.13. The van der Waals surface area contributed by atoms with Crippen molar-refractivity contribution in [1.82, 2.24) is 10.3 Å². The Hall–Kier alpha value is -3.77. The van der Waals surface area contributed by atoms with E-state index in [1.54, 1.807) is 29.7 Å². The van der Waals surface area contributed by atoms with Crippen LogP contribution in [0.5, 0.6) is 0 Å². The Bertz CT molecular complexity index is 1130. The number of nitrogens with one attached hydrogen (secondary N) is 2. The molecule has 0 aliphatic heterocycles. The number of nitrogens with zero attached hydrogens (tertiary/aromatic N) is 1. The van der Waals surface area contributed by atoms with Gasteiger partial charge in [0.15, 0.2) is 0 Å². The van der Waals surface area contributed by atoms with Crippen LogP contribution in [0.2, 0.25) is 0 Å². The van der Waals surface area contributed by atoms with Crippen LogP contribution in [0.25, 0.3) is 10.6 Å². The van der Waals surface area contributed by atoms with Crippen LogP contribution in [-0.2, 0) is 4.79 Å². The zero-order valence-corrected chi connectivity index (χ0v) is 17.5. The van der Waals surface area contributed by atoms with Gasteiger partial charge in [-0.3, -0.25) is 9.59 Å². The Kier molecular flexibility index (Phi) is 6.50. The van der Waals surface area contributed by atoms with Gasteiger partial charge in [-0.1, -0.05) is 48.5 Å². The van der Waals surface area contributed by atoms with Crippen LogP contribution in [0.1, 0.15) is 28.4 Å². The molecule has 0 saturated carbocycles. The van der Waals surface area contributed by atoms with E-state index in [2.05, 4.69) is 15.6 Å². The molecule has 1 aromatic heterocycles. The summed E-state index contributed by atoms with van der Waals surface area (Å²) in [4.78, 5) is 29.7. The van der Waals surface area contributed by atoms with E-state index >= 15 is 0 Å². The van der Waals surface area contributed by atoms with Crippen molar-refractivity contribution in [2.75, 3.05) is 5.32 Å². The monoisotopic (exact) mass is 427 g/mol. The normalized spacial score (nSPS) is 11.5. The SMILES string of the molecule is O=C(CC(NC(=O)c1ccccc1)c1ccccc1)Nc1ccc(-c2nccs2)cc1. The highest BCUT2D eigenvalue weighted by Gasteiger charge is 2.19. The van der Waals surface area contributed by atoms with Gasteiger partial charge in [0.05, 0.1) is 12.5 Å². The van der Waals surface area contributed by atoms with Crippen LogP contribution >= 0.6 is 11.3 Å². The number of anilines is 1. The molecule has 0 saturated heterocycles. The van der Waals surface area contributed by atoms with E-state index in [-0.39, 0.29) is 18.2 Å². The van der Waals surface area contributed by atoms with Crippen LogP contribution in [0.3, 0.4) is 0 Å². The maximum Gasteiger partial charge on any atom is 0.251 e. The molecular weight excluding hydrogens is 406 g/mol. The Morgan fingerprint density at radius 2 is 1.55 bits per heavy atom. The summed E-state index contributed by atoms with van der Waals surface area (Å²) in [6.45, 7) is 0. The second-order valence-electron chi connectivity index (χ2n) is 6.97. The lowest BCUT2D eigenvalue weighted by Gasteiger charge is -2.19. The number of carbonyl (C=O) groups excluding carboxylic acids is 2. The minimum Gasteiger partial charge on any atom is -0.345 e. The second kappa shape index (κ2) is 9.82. The van der Waals surface area contributed by atoms with Gasteiger partial charge in [-0.05, 0) is 42.0 Å². The lowest BCUT2D eigenvalue weighted by Crippen LogP contribution is -2.31. The third-order valence-corrected chi connectivity index (χ3v) is 5.60. The Morgan fingerprint density at radius 3 is 2.19 bits per heavy atom. The van der Waals surface area contributed by atoms with Gasteiger partial charge < -0.3 is 10.6 Å². The average Bonchev–Trinajstić information content (AvgIpc) is 3.35. The van der Waals surface area contributed by atoms with E-state index in [4.69, 9.17) is 0 Å². The van der Waals surface area contributed by atoms with E-state index in [9.17, 15) is 9.59 Å². The third kappa shape index (κ3) is 5.43. The van der Waals surface area contributed by atoms with E-state index in [0.29, 0.717) is 11.3 Å². The molecule has 1 heterocycles. The fraction of sp³-hybridized carbons (Fsp3) is 0.0800. The molecule has 1 atom stereocenters. The lowest BCUT2D eigenvalue weighted by atomic mass is 10.0. The number of hydrogen-bond donors (Lipinski definition) is 2. The standard InChI is InChI=1S/C25H21N3O2S/c29-23(27-21-13-11-20(12-14-21)25-26-15-16-31-25)17-22(18-7-3-1-4-8-18)28-24(30)19-9-5-2-6-10-19/h1-16,22H,17H2,(H,27,29)(H,28,30). The predicted octanol–water partition coefficient (Wildman–Crippen LogP) is 5.31. The van der Waals surface area contributed by atoms with E-state index < -0.39 is 6.04 Å². The van der Waals surface area contributed by atoms with Crippen molar-refractivity contribution in [2.24, 2.45) is 0 Å². The zero-order valence-electron chi connectivity index (χ0n) is 16.7. The van der Waals surface area contributed by atoms with E-state index in [1.165, 1.54) is 0 Å². The van der Waals surface area contributed by atoms with Crippen molar-refractivity contribution in [3.63, 3.8) is 0 Å². The largest absolute Gasteiger partial charge is 0.345 e. The van der Waals surface area contributed by atoms with Crippen molar-refractivity contribution in [2.45, 2.75) is 12.5 Å². The number of carbonyl (C=O) groups is 2. The molecule has 0 radical (unpaired) electrons. The summed E-state index contributed by atoms with van der Waals surface area (Å²) < 4.78 is 0. The van der Waals surface area contributed by atoms with Crippen molar-refractivity contribution in [3.8, 4) is 10.6 Å². The molecule has 2 amide bonds. The fourth-order valence-electron chi connectivity index (χ4n) is 3.23. The van der Waals surface area contributed by atoms with Gasteiger partial charge in [-0.25, -0.2) is 4.98 Å². The zero-order chi connectivity index (χ0) is 21.5. The Labute approximate surface area is 184 Å². The van der Waals surface area contributed by atoms with Crippen LogP contribution < -0.4 is 10.6 Å². The summed E-state index contributed by atoms with van der Waals surface area (Å²) in [7, 11) is 0. The predicted molar refractivity (Wildman–Crippen MR) is 124 cm³/mol. The number of amides is 2. The highest BCUT2D eigenvalue weighted by atomic mass is 32.1. The average molecular weight is 428 g/mol. The number of aromatic nitrogens is 1. The van der Waals surface area contributed by atoms with Gasteiger partial charge in [0.25, 0.3) is 5.91 Å². The summed E-state index contributed by atoms with van der Waals surface area (Å²) in [6, 6.07) is 25.6. The Balaban J connectivity index is 1.45. The van der Waals surface area contributed by atoms with Crippen molar-refractivity contribution in [1.29, 1.82) is 0 Å². The molecule has 0 aliphatic rings. The van der Waals surface area contributed by atoms with Gasteiger partial charge in [0, 0.05) is 28.4 Å². The van der Waals surface area contributed by atoms with Gasteiger partial charge in [0.2, 0.25) is 5.91 Å². The number of thiazole rings is 1. The fourth-order valence-corrected chi connectivity index (χ4v) is 3.87. The van der Waals surface area contributed by atoms with Gasteiger partial charge >= 0.3 is 0 Å². The van der Waals surface area contributed by atoms with E-state index in [0.717, 1.165) is 16.1 Å². The summed E-state index contributed by atoms with van der Waals surface area (Å²) in [5.74, 6) is -0.390. The maximum absolute atomic E-state index is 12.8. The molecule has 1 unspecified atom stereocenters. The number of benzene rings is 3. The van der Waals surface area contributed by atoms with Crippen LogP contribution in [0, 0.1) is 0 Å². The second-order valence-corrected chi connectivity index (χ2v) is 7.86. The number of hydrogen-bond acceptors (Lipinski definition) is 4. The molecule has 5 nitrogen and oxygen atoms in total. The molecule has 3 aromatic carbocycles. The quantitative estimate of drug-likeness (QED) is 0.420. The molecule has 154 valence electrons. The summed E-state index contributed by atoms with van der Waals surface area (Å²) in [5, 5.41) is 8.77. The number of rotatable bonds is 7. The first-order chi connectivity index (χ1) is 15.2. The molecular formula is C25H21N3O2S. The summed E-state index contributed by atoms with van der Waals surface area (Å²) in [6.07, 6.45) is 1.89. The van der Waals surface area contributed by atoms with Crippen LogP contribution in [0.4, 0.5) is 5.69 Å².